The molecule has 0 bridgehead atoms. The van der Waals surface area contributed by atoms with Crippen LogP contribution in [0.3, 0.4) is 0 Å². The fourth-order valence-corrected chi connectivity index (χ4v) is 8.53. The molecule has 66 heavy (non-hydrogen) atoms. The smallest absolute Gasteiger partial charge is 0.484 e. The van der Waals surface area contributed by atoms with Gasteiger partial charge in [-0.05, 0) is 84.6 Å². The number of unbranched alkanes of at least 4 members (excludes halogenated alkanes) is 2. The molecule has 0 radical (unpaired) electrons. The summed E-state index contributed by atoms with van der Waals surface area (Å²) in [5, 5.41) is 10.7. The highest BCUT2D eigenvalue weighted by Crippen LogP contribution is 2.39. The highest BCUT2D eigenvalue weighted by atomic mass is 19.2. The van der Waals surface area contributed by atoms with Gasteiger partial charge in [-0.1, -0.05) is 48.9 Å². The third-order valence-corrected chi connectivity index (χ3v) is 12.0. The highest BCUT2D eigenvalue weighted by Gasteiger charge is 2.54. The lowest BCUT2D eigenvalue weighted by Crippen LogP contribution is -2.50. The second-order valence-corrected chi connectivity index (χ2v) is 16.3. The van der Waals surface area contributed by atoms with Gasteiger partial charge in [-0.15, -0.1) is 13.4 Å². The summed E-state index contributed by atoms with van der Waals surface area (Å²) in [4.78, 5) is 57.3. The van der Waals surface area contributed by atoms with E-state index in [1.165, 1.54) is 12.1 Å². The molecule has 1 atom stereocenters. The van der Waals surface area contributed by atoms with E-state index >= 15 is 8.78 Å². The minimum atomic E-state index is -3.35. The Morgan fingerprint density at radius 1 is 0.864 bits per heavy atom. The normalized spacial score (nSPS) is 16.7. The van der Waals surface area contributed by atoms with E-state index in [2.05, 4.69) is 20.5 Å². The number of carbonyl (C=O) groups excluding carboxylic acids is 3. The molecule has 13 nitrogen and oxygen atoms in total. The van der Waals surface area contributed by atoms with Crippen molar-refractivity contribution in [2.75, 3.05) is 39.3 Å². The molecule has 1 saturated heterocycles. The molecule has 3 aromatic carbocycles. The summed E-state index contributed by atoms with van der Waals surface area (Å²) in [6, 6.07) is 25.3. The summed E-state index contributed by atoms with van der Waals surface area (Å²) >= 11 is 0. The van der Waals surface area contributed by atoms with Crippen LogP contribution in [0.1, 0.15) is 69.9 Å². The van der Waals surface area contributed by atoms with Crippen molar-refractivity contribution in [2.24, 2.45) is 0 Å². The van der Waals surface area contributed by atoms with Gasteiger partial charge in [0.25, 0.3) is 17.4 Å². The van der Waals surface area contributed by atoms with Crippen molar-refractivity contribution in [3.05, 3.63) is 171 Å². The number of allylic oxidation sites excluding steroid dienone is 2. The maximum absolute atomic E-state index is 16.0. The van der Waals surface area contributed by atoms with Crippen LogP contribution in [-0.2, 0) is 22.2 Å². The number of benzene rings is 3. The molecule has 3 amide bonds. The predicted molar refractivity (Wildman–Crippen MR) is 243 cm³/mol. The first kappa shape index (κ1) is 43.5. The predicted octanol–water partition coefficient (Wildman–Crippen LogP) is 6.93. The number of nitrogens with one attached hydrogen (secondary N) is 3. The zero-order valence-electron chi connectivity index (χ0n) is 35.8. The lowest BCUT2D eigenvalue weighted by atomic mass is 10.0. The number of fused-ring (bicyclic) bond motifs is 3. The van der Waals surface area contributed by atoms with Crippen LogP contribution >= 0.6 is 0 Å². The summed E-state index contributed by atoms with van der Waals surface area (Å²) in [5.74, 6) is -0.895. The lowest BCUT2D eigenvalue weighted by Gasteiger charge is -2.35. The Balaban J connectivity index is 0.670. The van der Waals surface area contributed by atoms with Crippen LogP contribution in [-0.4, -0.2) is 96.9 Å². The first-order valence-electron chi connectivity index (χ1n) is 21.8. The largest absolute Gasteiger partial charge is 0.566 e. The molecule has 0 aliphatic carbocycles. The number of aromatic nitrogens is 4. The highest BCUT2D eigenvalue weighted by molar-refractivity contribution is 6.06. The van der Waals surface area contributed by atoms with E-state index in [-0.39, 0.29) is 42.6 Å². The van der Waals surface area contributed by atoms with Gasteiger partial charge in [0, 0.05) is 75.4 Å². The monoisotopic (exact) mass is 894 g/mol. The van der Waals surface area contributed by atoms with E-state index < -0.39 is 17.9 Å². The third kappa shape index (κ3) is 9.12. The Labute approximate surface area is 377 Å². The summed E-state index contributed by atoms with van der Waals surface area (Å²) in [5.41, 5.74) is 3.82. The van der Waals surface area contributed by atoms with E-state index in [1.807, 2.05) is 6.07 Å². The molecular weight excluding hydrogens is 849 g/mol. The average Bonchev–Trinajstić information content (AvgIpc) is 4.12. The number of halogens is 3. The Bertz CT molecular complexity index is 3000. The van der Waals surface area contributed by atoms with E-state index in [0.29, 0.717) is 102 Å². The van der Waals surface area contributed by atoms with Crippen molar-refractivity contribution < 1.29 is 36.9 Å². The molecule has 9 rings (SSSR count). The third-order valence-electron chi connectivity index (χ3n) is 12.0. The van der Waals surface area contributed by atoms with Gasteiger partial charge in [-0.3, -0.25) is 19.2 Å². The van der Waals surface area contributed by atoms with Gasteiger partial charge in [0.1, 0.15) is 17.3 Å². The number of rotatable bonds is 15. The molecule has 3 N–H and O–H groups in total. The number of ether oxygens (including phenoxy) is 1. The van der Waals surface area contributed by atoms with Crippen molar-refractivity contribution in [1.82, 2.24) is 34.9 Å². The van der Waals surface area contributed by atoms with E-state index in [1.54, 1.807) is 119 Å². The fourth-order valence-electron chi connectivity index (χ4n) is 8.53. The number of hydrogen-bond donors (Lipinski definition) is 3. The minimum Gasteiger partial charge on any atom is -0.484 e. The van der Waals surface area contributed by atoms with Gasteiger partial charge in [0.05, 0.1) is 28.0 Å². The summed E-state index contributed by atoms with van der Waals surface area (Å²) in [6.07, 6.45) is 9.51. The first-order chi connectivity index (χ1) is 32.0. The van der Waals surface area contributed by atoms with Crippen molar-refractivity contribution in [3.8, 4) is 5.75 Å². The molecule has 3 aliphatic rings. The van der Waals surface area contributed by atoms with Crippen LogP contribution in [0.5, 0.6) is 5.75 Å². The number of hydrogen-bond acceptors (Lipinski definition) is 6. The van der Waals surface area contributed by atoms with Crippen LogP contribution in [0.25, 0.3) is 29.0 Å². The number of piperazine rings is 1. The molecule has 6 aromatic rings. The van der Waals surface area contributed by atoms with Gasteiger partial charge < -0.3 is 24.8 Å². The molecule has 336 valence electrons. The number of amides is 3. The molecule has 6 heterocycles. The number of aromatic amines is 2. The Morgan fingerprint density at radius 2 is 1.65 bits per heavy atom. The Hall–Kier alpha value is -7.75. The van der Waals surface area contributed by atoms with Crippen molar-refractivity contribution >= 4 is 52.4 Å². The van der Waals surface area contributed by atoms with Crippen molar-refractivity contribution in [2.45, 2.75) is 38.3 Å². The molecule has 3 aliphatic heterocycles. The standard InChI is InChI=1S/C50H45F3N8O5/c51-42-21-14-34(30-44-39-7-3-4-8-40(39)48(64)57-56-44)29-41(42)49(65)59-27-25-58(26-28-59)47(63)10-2-1-5-23-55-46(62)32-66-38-19-12-33(13-20-38)11-15-35-16-17-36-31-37-18-22-45(43-9-6-24-54-43)61(37)50(52,53)60(35)36/h3-4,6-9,11-22,24,29,31H,1-2,5,10,23,25-28,30,32H2,(H2,55,57,62,64)/p+1/i52-1,53+0. The fraction of sp³-hybridized carbons (Fsp3) is 0.240. The lowest BCUT2D eigenvalue weighted by molar-refractivity contribution is -0.673. The van der Waals surface area contributed by atoms with Gasteiger partial charge >= 0.3 is 6.17 Å². The van der Waals surface area contributed by atoms with Crippen LogP contribution in [0.15, 0.2) is 120 Å². The van der Waals surface area contributed by atoms with E-state index in [0.717, 1.165) is 21.1 Å². The van der Waals surface area contributed by atoms with Crippen LogP contribution in [0, 0.1) is 5.82 Å². The zero-order valence-corrected chi connectivity index (χ0v) is 35.8. The number of alkyl halides is 2. The van der Waals surface area contributed by atoms with Crippen LogP contribution in [0.2, 0.25) is 0 Å². The summed E-state index contributed by atoms with van der Waals surface area (Å²) < 4.78 is 54.7. The molecular formula is C50H46F3N8O5+. The first-order valence-corrected chi connectivity index (χ1v) is 21.8. The Kier molecular flexibility index (Phi) is 12.4. The van der Waals surface area contributed by atoms with Gasteiger partial charge in [0.2, 0.25) is 17.3 Å². The topological polar surface area (TPSA) is 148 Å². The number of carbonyl (C=O) groups is 3. The van der Waals surface area contributed by atoms with Crippen molar-refractivity contribution in [3.63, 3.8) is 0 Å². The summed E-state index contributed by atoms with van der Waals surface area (Å²) in [7, 11) is 0. The SMILES string of the molecule is O=C(COc1ccc(C=Cc2ccc3n2C([18F])([19F])[N+]2=C(c4ccc[nH]4)C=CC2=C3)cc1)NCCCCCC(=O)N1CCN(C(=O)c2cc(Cc3n[nH]c(=O)c4ccccc34)ccc2F)CC1. The maximum atomic E-state index is 16.0. The molecule has 0 saturated carbocycles. The van der Waals surface area contributed by atoms with Gasteiger partial charge in [-0.25, -0.2) is 14.1 Å². The maximum Gasteiger partial charge on any atom is 0.566 e. The van der Waals surface area contributed by atoms with Gasteiger partial charge in [0.15, 0.2) is 6.61 Å². The van der Waals surface area contributed by atoms with Crippen LogP contribution in [0.4, 0.5) is 13.2 Å². The molecule has 1 unspecified atom stereocenters. The number of H-pyrrole nitrogens is 2. The second kappa shape index (κ2) is 18.8. The quantitative estimate of drug-likeness (QED) is 0.0579. The molecule has 0 spiro atoms. The van der Waals surface area contributed by atoms with Crippen LogP contribution < -0.4 is 15.6 Å². The second-order valence-electron chi connectivity index (χ2n) is 16.3. The number of nitrogens with zero attached hydrogens (tertiary/aromatic N) is 5. The molecule has 16 heteroatoms. The Morgan fingerprint density at radius 3 is 2.44 bits per heavy atom. The molecule has 3 aromatic heterocycles. The van der Waals surface area contributed by atoms with E-state index in [9.17, 15) is 23.6 Å². The average molecular weight is 895 g/mol. The van der Waals surface area contributed by atoms with E-state index in [4.69, 9.17) is 4.74 Å². The zero-order chi connectivity index (χ0) is 45.8. The van der Waals surface area contributed by atoms with Crippen molar-refractivity contribution in [1.29, 1.82) is 0 Å². The molecule has 1 fully saturated rings. The summed E-state index contributed by atoms with van der Waals surface area (Å²) in [6.45, 7) is 1.49. The minimum absolute atomic E-state index is 0.0167. The van der Waals surface area contributed by atoms with Gasteiger partial charge in [-0.2, -0.15) is 5.10 Å².